The van der Waals surface area contributed by atoms with Crippen LogP contribution in [-0.2, 0) is 4.79 Å². The number of carboxylic acid groups (broad SMARTS) is 1. The fraction of sp³-hybridized carbons (Fsp3) is 0.882. The molecule has 0 aromatic rings. The molecule has 2 aliphatic rings. The number of piperidine rings is 1. The van der Waals surface area contributed by atoms with Crippen LogP contribution in [0.2, 0.25) is 0 Å². The van der Waals surface area contributed by atoms with E-state index in [1.54, 1.807) is 4.90 Å². The summed E-state index contributed by atoms with van der Waals surface area (Å²) < 4.78 is 0. The predicted molar refractivity (Wildman–Crippen MR) is 85.7 cm³/mol. The maximum Gasteiger partial charge on any atom is 0.317 e. The highest BCUT2D eigenvalue weighted by Gasteiger charge is 2.32. The third kappa shape index (κ3) is 4.37. The number of rotatable bonds is 4. The van der Waals surface area contributed by atoms with Crippen molar-refractivity contribution in [3.8, 4) is 0 Å². The smallest absolute Gasteiger partial charge is 0.317 e. The van der Waals surface area contributed by atoms with Crippen LogP contribution in [-0.4, -0.2) is 41.6 Å². The summed E-state index contributed by atoms with van der Waals surface area (Å²) in [6, 6.07) is -0.102. The second-order valence-corrected chi connectivity index (χ2v) is 7.61. The summed E-state index contributed by atoms with van der Waals surface area (Å²) in [6.07, 6.45) is 7.90. The van der Waals surface area contributed by atoms with Gasteiger partial charge in [-0.05, 0) is 37.0 Å². The van der Waals surface area contributed by atoms with Crippen molar-refractivity contribution in [1.82, 2.24) is 10.2 Å². The van der Waals surface area contributed by atoms with Gasteiger partial charge in [0.05, 0.1) is 5.92 Å². The lowest BCUT2D eigenvalue weighted by atomic mass is 9.71. The molecule has 22 heavy (non-hydrogen) atoms. The molecule has 0 spiro atoms. The van der Waals surface area contributed by atoms with Crippen LogP contribution in [0, 0.1) is 17.3 Å². The van der Waals surface area contributed by atoms with E-state index in [0.717, 1.165) is 6.42 Å². The van der Waals surface area contributed by atoms with Gasteiger partial charge in [0.25, 0.3) is 0 Å². The van der Waals surface area contributed by atoms with Crippen molar-refractivity contribution in [2.24, 2.45) is 17.3 Å². The number of nitrogens with one attached hydrogen (secondary N) is 1. The Labute approximate surface area is 133 Å². The van der Waals surface area contributed by atoms with Crippen LogP contribution < -0.4 is 5.32 Å². The Kier molecular flexibility index (Phi) is 5.70. The third-order valence-corrected chi connectivity index (χ3v) is 5.46. The molecule has 1 saturated heterocycles. The van der Waals surface area contributed by atoms with E-state index in [1.165, 1.54) is 32.1 Å². The average Bonchev–Trinajstić information content (AvgIpc) is 2.53. The highest BCUT2D eigenvalue weighted by Crippen LogP contribution is 2.37. The Morgan fingerprint density at radius 1 is 1.14 bits per heavy atom. The van der Waals surface area contributed by atoms with Crippen LogP contribution in [0.1, 0.15) is 58.8 Å². The Morgan fingerprint density at radius 3 is 2.45 bits per heavy atom. The Balaban J connectivity index is 1.82. The van der Waals surface area contributed by atoms with Crippen molar-refractivity contribution in [3.05, 3.63) is 0 Å². The molecule has 0 aromatic carbocycles. The number of hydrogen-bond acceptors (Lipinski definition) is 2. The lowest BCUT2D eigenvalue weighted by Crippen LogP contribution is -2.49. The standard InChI is InChI=1S/C17H30N2O3/c1-17(2,14-8-4-3-5-9-14)12-18-16(22)19-10-6-7-13(11-19)15(20)21/h13-14H,3-12H2,1-2H3,(H,18,22)(H,20,21). The molecule has 2 fully saturated rings. The first-order chi connectivity index (χ1) is 10.4. The molecule has 0 radical (unpaired) electrons. The average molecular weight is 310 g/mol. The van der Waals surface area contributed by atoms with Gasteiger partial charge in [0.2, 0.25) is 0 Å². The van der Waals surface area contributed by atoms with Crippen molar-refractivity contribution in [1.29, 1.82) is 0 Å². The first-order valence-corrected chi connectivity index (χ1v) is 8.66. The van der Waals surface area contributed by atoms with E-state index < -0.39 is 11.9 Å². The molecular formula is C17H30N2O3. The Hall–Kier alpha value is -1.26. The highest BCUT2D eigenvalue weighted by atomic mass is 16.4. The van der Waals surface area contributed by atoms with Gasteiger partial charge < -0.3 is 15.3 Å². The number of likely N-dealkylation sites (tertiary alicyclic amines) is 1. The van der Waals surface area contributed by atoms with Crippen LogP contribution in [0.25, 0.3) is 0 Å². The summed E-state index contributed by atoms with van der Waals surface area (Å²) in [5.74, 6) is -0.527. The molecule has 5 nitrogen and oxygen atoms in total. The van der Waals surface area contributed by atoms with E-state index in [9.17, 15) is 9.59 Å². The number of carbonyl (C=O) groups excluding carboxylic acids is 1. The number of urea groups is 1. The van der Waals surface area contributed by atoms with Gasteiger partial charge in [-0.3, -0.25) is 4.79 Å². The topological polar surface area (TPSA) is 69.6 Å². The van der Waals surface area contributed by atoms with Gasteiger partial charge in [-0.15, -0.1) is 0 Å². The molecule has 1 aliphatic heterocycles. The number of amides is 2. The molecule has 1 saturated carbocycles. The van der Waals surface area contributed by atoms with Crippen molar-refractivity contribution < 1.29 is 14.7 Å². The van der Waals surface area contributed by atoms with E-state index in [2.05, 4.69) is 19.2 Å². The zero-order chi connectivity index (χ0) is 16.2. The van der Waals surface area contributed by atoms with Gasteiger partial charge in [-0.2, -0.15) is 0 Å². The lowest BCUT2D eigenvalue weighted by molar-refractivity contribution is -0.143. The quantitative estimate of drug-likeness (QED) is 0.838. The van der Waals surface area contributed by atoms with Gasteiger partial charge in [0, 0.05) is 19.6 Å². The van der Waals surface area contributed by atoms with Gasteiger partial charge in [0.1, 0.15) is 0 Å². The van der Waals surface area contributed by atoms with Crippen molar-refractivity contribution in [2.75, 3.05) is 19.6 Å². The van der Waals surface area contributed by atoms with Crippen LogP contribution in [0.15, 0.2) is 0 Å². The summed E-state index contributed by atoms with van der Waals surface area (Å²) in [4.78, 5) is 25.1. The lowest BCUT2D eigenvalue weighted by Gasteiger charge is -2.38. The second-order valence-electron chi connectivity index (χ2n) is 7.61. The van der Waals surface area contributed by atoms with Gasteiger partial charge in [-0.1, -0.05) is 33.1 Å². The molecule has 5 heteroatoms. The van der Waals surface area contributed by atoms with Crippen molar-refractivity contribution in [3.63, 3.8) is 0 Å². The summed E-state index contributed by atoms with van der Waals surface area (Å²) in [7, 11) is 0. The second kappa shape index (κ2) is 7.34. The SMILES string of the molecule is CC(C)(CNC(=O)N1CCCC(C(=O)O)C1)C1CCCCC1. The fourth-order valence-corrected chi connectivity index (χ4v) is 3.81. The van der Waals surface area contributed by atoms with Gasteiger partial charge in [-0.25, -0.2) is 4.79 Å². The van der Waals surface area contributed by atoms with E-state index in [1.807, 2.05) is 0 Å². The summed E-state index contributed by atoms with van der Waals surface area (Å²) in [5.41, 5.74) is 0.109. The van der Waals surface area contributed by atoms with Crippen LogP contribution in [0.5, 0.6) is 0 Å². The first kappa shape index (κ1) is 17.1. The molecular weight excluding hydrogens is 280 g/mol. The van der Waals surface area contributed by atoms with Crippen LogP contribution in [0.4, 0.5) is 4.79 Å². The van der Waals surface area contributed by atoms with Crippen molar-refractivity contribution in [2.45, 2.75) is 58.8 Å². The highest BCUT2D eigenvalue weighted by molar-refractivity contribution is 5.76. The number of aliphatic carboxylic acids is 1. The monoisotopic (exact) mass is 310 g/mol. The zero-order valence-corrected chi connectivity index (χ0v) is 13.9. The van der Waals surface area contributed by atoms with E-state index >= 15 is 0 Å². The molecule has 1 atom stereocenters. The van der Waals surface area contributed by atoms with E-state index in [4.69, 9.17) is 5.11 Å². The normalized spacial score (nSPS) is 24.1. The number of hydrogen-bond donors (Lipinski definition) is 2. The third-order valence-electron chi connectivity index (χ3n) is 5.46. The molecule has 1 heterocycles. The largest absolute Gasteiger partial charge is 0.481 e. The van der Waals surface area contributed by atoms with Crippen molar-refractivity contribution >= 4 is 12.0 Å². The molecule has 126 valence electrons. The molecule has 2 N–H and O–H groups in total. The summed E-state index contributed by atoms with van der Waals surface area (Å²) >= 11 is 0. The minimum atomic E-state index is -0.792. The number of nitrogens with zero attached hydrogens (tertiary/aromatic N) is 1. The molecule has 1 unspecified atom stereocenters. The maximum absolute atomic E-state index is 12.3. The van der Waals surface area contributed by atoms with Gasteiger partial charge in [0.15, 0.2) is 0 Å². The molecule has 2 amide bonds. The van der Waals surface area contributed by atoms with Crippen LogP contribution >= 0.6 is 0 Å². The minimum absolute atomic E-state index is 0.102. The number of carbonyl (C=O) groups is 2. The van der Waals surface area contributed by atoms with E-state index in [-0.39, 0.29) is 11.4 Å². The molecule has 0 bridgehead atoms. The Bertz CT molecular complexity index is 403. The van der Waals surface area contributed by atoms with Gasteiger partial charge >= 0.3 is 12.0 Å². The molecule has 0 aromatic heterocycles. The zero-order valence-electron chi connectivity index (χ0n) is 13.9. The number of carboxylic acids is 1. The summed E-state index contributed by atoms with van der Waals surface area (Å²) in [5, 5.41) is 12.2. The molecule has 2 rings (SSSR count). The summed E-state index contributed by atoms with van der Waals surface area (Å²) in [6.45, 7) is 6.15. The minimum Gasteiger partial charge on any atom is -0.481 e. The van der Waals surface area contributed by atoms with E-state index in [0.29, 0.717) is 32.0 Å². The first-order valence-electron chi connectivity index (χ1n) is 8.66. The fourth-order valence-electron chi connectivity index (χ4n) is 3.81. The molecule has 1 aliphatic carbocycles. The van der Waals surface area contributed by atoms with Crippen LogP contribution in [0.3, 0.4) is 0 Å². The Morgan fingerprint density at radius 2 is 1.82 bits per heavy atom. The maximum atomic E-state index is 12.3. The predicted octanol–water partition coefficient (Wildman–Crippen LogP) is 3.10.